The van der Waals surface area contributed by atoms with Crippen molar-refractivity contribution in [2.75, 3.05) is 7.05 Å². The molecule has 2 aliphatic heterocycles. The molecule has 1 N–H and O–H groups in total. The lowest BCUT2D eigenvalue weighted by Gasteiger charge is -2.35. The van der Waals surface area contributed by atoms with E-state index < -0.39 is 0 Å². The summed E-state index contributed by atoms with van der Waals surface area (Å²) in [5.41, 5.74) is 0.760. The second-order valence-corrected chi connectivity index (χ2v) is 7.30. The van der Waals surface area contributed by atoms with E-state index in [0.717, 1.165) is 31.4 Å². The Morgan fingerprint density at radius 3 is 2.57 bits per heavy atom. The van der Waals surface area contributed by atoms with Gasteiger partial charge in [-0.25, -0.2) is 0 Å². The van der Waals surface area contributed by atoms with Gasteiger partial charge in [0.05, 0.1) is 5.02 Å². The van der Waals surface area contributed by atoms with Crippen LogP contribution in [-0.4, -0.2) is 40.5 Å². The van der Waals surface area contributed by atoms with E-state index in [4.69, 9.17) is 11.6 Å². The Morgan fingerprint density at radius 1 is 1.29 bits per heavy atom. The highest BCUT2D eigenvalue weighted by Gasteiger charge is 2.37. The molecule has 5 heteroatoms. The van der Waals surface area contributed by atoms with Crippen LogP contribution in [0.25, 0.3) is 0 Å². The van der Waals surface area contributed by atoms with E-state index in [9.17, 15) is 4.79 Å². The fourth-order valence-corrected chi connectivity index (χ4v) is 4.17. The molecule has 3 aliphatic rings. The van der Waals surface area contributed by atoms with Crippen LogP contribution in [0.4, 0.5) is 0 Å². The normalized spacial score (nSPS) is 31.4. The molecule has 1 aromatic rings. The predicted octanol–water partition coefficient (Wildman–Crippen LogP) is 2.83. The van der Waals surface area contributed by atoms with E-state index in [-0.39, 0.29) is 5.91 Å². The number of rotatable bonds is 3. The summed E-state index contributed by atoms with van der Waals surface area (Å²) in [6, 6.07) is 3.87. The molecule has 2 atom stereocenters. The van der Waals surface area contributed by atoms with Crippen LogP contribution in [0.5, 0.6) is 0 Å². The quantitative estimate of drug-likeness (QED) is 0.932. The summed E-state index contributed by atoms with van der Waals surface area (Å²) in [5.74, 6) is 0.125. The number of carbonyl (C=O) groups is 1. The van der Waals surface area contributed by atoms with Gasteiger partial charge in [-0.05, 0) is 44.6 Å². The number of hydrogen-bond donors (Lipinski definition) is 1. The fourth-order valence-electron chi connectivity index (χ4n) is 3.96. The smallest absolute Gasteiger partial charge is 0.270 e. The van der Waals surface area contributed by atoms with Crippen LogP contribution in [0.2, 0.25) is 5.02 Å². The lowest BCUT2D eigenvalue weighted by atomic mass is 9.98. The Labute approximate surface area is 130 Å². The van der Waals surface area contributed by atoms with Gasteiger partial charge in [0.15, 0.2) is 0 Å². The molecule has 2 bridgehead atoms. The number of carbonyl (C=O) groups excluding carboxylic acids is 1. The number of hydrogen-bond acceptors (Lipinski definition) is 2. The topological polar surface area (TPSA) is 37.3 Å². The van der Waals surface area contributed by atoms with Gasteiger partial charge < -0.3 is 14.8 Å². The molecular formula is C16H22ClN3O. The first-order valence-corrected chi connectivity index (χ1v) is 8.40. The molecule has 4 nitrogen and oxygen atoms in total. The highest BCUT2D eigenvalue weighted by atomic mass is 35.5. The molecule has 1 saturated carbocycles. The molecule has 21 heavy (non-hydrogen) atoms. The predicted molar refractivity (Wildman–Crippen MR) is 82.8 cm³/mol. The van der Waals surface area contributed by atoms with E-state index in [1.807, 2.05) is 24.2 Å². The van der Waals surface area contributed by atoms with Gasteiger partial charge in [0.25, 0.3) is 5.91 Å². The molecule has 1 amide bonds. The minimum atomic E-state index is 0.125. The molecular weight excluding hydrogens is 286 g/mol. The summed E-state index contributed by atoms with van der Waals surface area (Å²) in [6.07, 6.45) is 8.90. The molecule has 4 rings (SSSR count). The van der Waals surface area contributed by atoms with Gasteiger partial charge in [0.1, 0.15) is 5.69 Å². The third-order valence-electron chi connectivity index (χ3n) is 5.29. The van der Waals surface area contributed by atoms with Crippen molar-refractivity contribution in [2.45, 2.75) is 62.7 Å². The largest absolute Gasteiger partial charge is 0.339 e. The zero-order chi connectivity index (χ0) is 14.6. The summed E-state index contributed by atoms with van der Waals surface area (Å²) < 4.78 is 2.08. The Hall–Kier alpha value is -1.00. The molecule has 3 fully saturated rings. The van der Waals surface area contributed by atoms with E-state index in [0.29, 0.717) is 29.2 Å². The molecule has 0 radical (unpaired) electrons. The lowest BCUT2D eigenvalue weighted by molar-refractivity contribution is 0.0670. The highest BCUT2D eigenvalue weighted by molar-refractivity contribution is 6.31. The van der Waals surface area contributed by atoms with Crippen molar-refractivity contribution in [2.24, 2.45) is 0 Å². The van der Waals surface area contributed by atoms with Gasteiger partial charge >= 0.3 is 0 Å². The number of amides is 1. The van der Waals surface area contributed by atoms with Gasteiger partial charge in [0, 0.05) is 37.4 Å². The number of halogens is 1. The second-order valence-electron chi connectivity index (χ2n) is 6.86. The van der Waals surface area contributed by atoms with Crippen molar-refractivity contribution in [1.82, 2.24) is 14.8 Å². The third-order valence-corrected chi connectivity index (χ3v) is 5.50. The van der Waals surface area contributed by atoms with Crippen molar-refractivity contribution in [3.63, 3.8) is 0 Å². The molecule has 1 aliphatic carbocycles. The minimum absolute atomic E-state index is 0.125. The minimum Gasteiger partial charge on any atom is -0.339 e. The SMILES string of the molecule is CN(C(=O)c1cc(Cl)cn1C1CC1)C1CC2CCC(C1)N2. The Kier molecular flexibility index (Phi) is 3.27. The summed E-state index contributed by atoms with van der Waals surface area (Å²) in [4.78, 5) is 14.8. The first kappa shape index (κ1) is 13.6. The zero-order valence-electron chi connectivity index (χ0n) is 12.4. The lowest BCUT2D eigenvalue weighted by Crippen LogP contribution is -2.49. The average Bonchev–Trinajstić information content (AvgIpc) is 3.18. The molecule has 1 aromatic heterocycles. The number of fused-ring (bicyclic) bond motifs is 2. The van der Waals surface area contributed by atoms with Gasteiger partial charge in [-0.2, -0.15) is 0 Å². The first-order chi connectivity index (χ1) is 10.1. The van der Waals surface area contributed by atoms with Crippen molar-refractivity contribution in [1.29, 1.82) is 0 Å². The maximum Gasteiger partial charge on any atom is 0.270 e. The van der Waals surface area contributed by atoms with Crippen molar-refractivity contribution in [3.8, 4) is 0 Å². The van der Waals surface area contributed by atoms with Crippen LogP contribution in [0.1, 0.15) is 55.1 Å². The molecule has 2 saturated heterocycles. The third kappa shape index (κ3) is 2.49. The number of aromatic nitrogens is 1. The van der Waals surface area contributed by atoms with E-state index >= 15 is 0 Å². The molecule has 2 unspecified atom stereocenters. The maximum absolute atomic E-state index is 12.9. The molecule has 114 valence electrons. The Morgan fingerprint density at radius 2 is 1.95 bits per heavy atom. The molecule has 0 aromatic carbocycles. The summed E-state index contributed by atoms with van der Waals surface area (Å²) in [5, 5.41) is 4.30. The van der Waals surface area contributed by atoms with Crippen LogP contribution >= 0.6 is 11.6 Å². The molecule has 3 heterocycles. The Balaban J connectivity index is 1.54. The monoisotopic (exact) mass is 307 g/mol. The van der Waals surface area contributed by atoms with E-state index in [1.54, 1.807) is 0 Å². The fraction of sp³-hybridized carbons (Fsp3) is 0.688. The summed E-state index contributed by atoms with van der Waals surface area (Å²) >= 11 is 6.13. The number of nitrogens with zero attached hydrogens (tertiary/aromatic N) is 2. The van der Waals surface area contributed by atoms with E-state index in [1.165, 1.54) is 12.8 Å². The Bertz CT molecular complexity index is 554. The van der Waals surface area contributed by atoms with Crippen LogP contribution in [0, 0.1) is 0 Å². The van der Waals surface area contributed by atoms with E-state index in [2.05, 4.69) is 9.88 Å². The van der Waals surface area contributed by atoms with Crippen molar-refractivity contribution >= 4 is 17.5 Å². The van der Waals surface area contributed by atoms with Crippen LogP contribution < -0.4 is 5.32 Å². The summed E-state index contributed by atoms with van der Waals surface area (Å²) in [7, 11) is 1.95. The first-order valence-electron chi connectivity index (χ1n) is 8.02. The zero-order valence-corrected chi connectivity index (χ0v) is 13.1. The van der Waals surface area contributed by atoms with Crippen molar-refractivity contribution < 1.29 is 4.79 Å². The van der Waals surface area contributed by atoms with Gasteiger partial charge in [0.2, 0.25) is 0 Å². The maximum atomic E-state index is 12.9. The second kappa shape index (κ2) is 5.03. The number of nitrogens with one attached hydrogen (secondary N) is 1. The highest BCUT2D eigenvalue weighted by Crippen LogP contribution is 2.38. The summed E-state index contributed by atoms with van der Waals surface area (Å²) in [6.45, 7) is 0. The van der Waals surface area contributed by atoms with Crippen LogP contribution in [0.15, 0.2) is 12.3 Å². The van der Waals surface area contributed by atoms with Crippen LogP contribution in [-0.2, 0) is 0 Å². The van der Waals surface area contributed by atoms with Crippen LogP contribution in [0.3, 0.4) is 0 Å². The molecule has 0 spiro atoms. The van der Waals surface area contributed by atoms with Gasteiger partial charge in [-0.3, -0.25) is 4.79 Å². The van der Waals surface area contributed by atoms with Crippen molar-refractivity contribution in [3.05, 3.63) is 23.0 Å². The number of piperidine rings is 1. The van der Waals surface area contributed by atoms with Gasteiger partial charge in [-0.15, -0.1) is 0 Å². The standard InChI is InChI=1S/C16H22ClN3O/c1-19(14-7-11-2-3-12(8-14)18-11)16(21)15-6-10(17)9-20(15)13-4-5-13/h6,9,11-14,18H,2-5,7-8H2,1H3. The average molecular weight is 308 g/mol. The van der Waals surface area contributed by atoms with Gasteiger partial charge in [-0.1, -0.05) is 11.6 Å².